The molecule has 2 nitrogen and oxygen atoms in total. The Morgan fingerprint density at radius 1 is 0.767 bits per heavy atom. The number of fused-ring (bicyclic) bond motifs is 3. The van der Waals surface area contributed by atoms with Gasteiger partial charge in [0.2, 0.25) is 0 Å². The van der Waals surface area contributed by atoms with Gasteiger partial charge < -0.3 is 9.67 Å². The number of aromatic nitrogens is 1. The van der Waals surface area contributed by atoms with E-state index in [9.17, 15) is 5.11 Å². The van der Waals surface area contributed by atoms with Gasteiger partial charge in [-0.05, 0) is 91.3 Å². The Labute approximate surface area is 178 Å². The van der Waals surface area contributed by atoms with Crippen molar-refractivity contribution in [2.24, 2.45) is 0 Å². The van der Waals surface area contributed by atoms with Crippen LogP contribution in [0.15, 0.2) is 66.7 Å². The van der Waals surface area contributed by atoms with E-state index in [1.54, 1.807) is 0 Å². The molecule has 1 aromatic heterocycles. The van der Waals surface area contributed by atoms with Gasteiger partial charge in [-0.2, -0.15) is 0 Å². The SMILES string of the molecule is OC(CCc1ccccc1)Cn1c2ccc(C3CC3)cc2c2cc(C3CC3)ccc21. The first-order chi connectivity index (χ1) is 14.8. The van der Waals surface area contributed by atoms with Gasteiger partial charge in [-0.25, -0.2) is 0 Å². The third-order valence-electron chi connectivity index (χ3n) is 7.01. The zero-order valence-electron chi connectivity index (χ0n) is 17.4. The van der Waals surface area contributed by atoms with Gasteiger partial charge in [-0.1, -0.05) is 42.5 Å². The number of hydrogen-bond donors (Lipinski definition) is 1. The fourth-order valence-electron chi connectivity index (χ4n) is 4.96. The fourth-order valence-corrected chi connectivity index (χ4v) is 4.96. The topological polar surface area (TPSA) is 25.2 Å². The maximum Gasteiger partial charge on any atom is 0.0722 e. The van der Waals surface area contributed by atoms with Crippen molar-refractivity contribution in [3.8, 4) is 0 Å². The van der Waals surface area contributed by atoms with Crippen molar-refractivity contribution in [2.45, 2.75) is 63.0 Å². The normalized spacial score (nSPS) is 17.6. The lowest BCUT2D eigenvalue weighted by atomic mass is 10.0. The van der Waals surface area contributed by atoms with Gasteiger partial charge in [0.25, 0.3) is 0 Å². The van der Waals surface area contributed by atoms with Gasteiger partial charge in [-0.3, -0.25) is 0 Å². The minimum Gasteiger partial charge on any atom is -0.391 e. The zero-order chi connectivity index (χ0) is 20.1. The van der Waals surface area contributed by atoms with E-state index in [1.165, 1.54) is 64.2 Å². The molecule has 3 aromatic carbocycles. The Bertz CT molecular complexity index is 1130. The van der Waals surface area contributed by atoms with E-state index in [1.807, 2.05) is 6.07 Å². The highest BCUT2D eigenvalue weighted by atomic mass is 16.3. The summed E-state index contributed by atoms with van der Waals surface area (Å²) in [6.07, 6.45) is 6.66. The maximum absolute atomic E-state index is 10.9. The minimum absolute atomic E-state index is 0.352. The first kappa shape index (κ1) is 18.2. The summed E-state index contributed by atoms with van der Waals surface area (Å²) in [6.45, 7) is 0.651. The number of nitrogens with zero attached hydrogens (tertiary/aromatic N) is 1. The lowest BCUT2D eigenvalue weighted by Crippen LogP contribution is -2.16. The van der Waals surface area contributed by atoms with Crippen molar-refractivity contribution in [2.75, 3.05) is 0 Å². The first-order valence-electron chi connectivity index (χ1n) is 11.5. The first-order valence-corrected chi connectivity index (χ1v) is 11.5. The molecule has 2 fully saturated rings. The standard InChI is InChI=1S/C28H29NO/c30-24(13-6-19-4-2-1-3-5-19)18-29-27-14-11-22(20-7-8-20)16-25(27)26-17-23(21-9-10-21)12-15-28(26)29/h1-5,11-12,14-17,20-21,24,30H,6-10,13,18H2. The molecule has 0 spiro atoms. The Hall–Kier alpha value is -2.58. The molecule has 0 aliphatic heterocycles. The molecular weight excluding hydrogens is 366 g/mol. The van der Waals surface area contributed by atoms with Gasteiger partial charge in [0.05, 0.1) is 6.10 Å². The smallest absolute Gasteiger partial charge is 0.0722 e. The molecule has 0 saturated heterocycles. The van der Waals surface area contributed by atoms with Crippen LogP contribution < -0.4 is 0 Å². The summed E-state index contributed by atoms with van der Waals surface area (Å²) in [5, 5.41) is 13.6. The van der Waals surface area contributed by atoms with Crippen molar-refractivity contribution in [1.82, 2.24) is 4.57 Å². The largest absolute Gasteiger partial charge is 0.391 e. The molecule has 2 aliphatic rings. The quantitative estimate of drug-likeness (QED) is 0.377. The summed E-state index contributed by atoms with van der Waals surface area (Å²) in [7, 11) is 0. The zero-order valence-corrected chi connectivity index (χ0v) is 17.4. The van der Waals surface area contributed by atoms with Gasteiger partial charge in [0, 0.05) is 28.4 Å². The molecular formula is C28H29NO. The monoisotopic (exact) mass is 395 g/mol. The van der Waals surface area contributed by atoms with Crippen LogP contribution in [0.25, 0.3) is 21.8 Å². The Morgan fingerprint density at radius 2 is 1.33 bits per heavy atom. The predicted octanol–water partition coefficient (Wildman–Crippen LogP) is 6.54. The van der Waals surface area contributed by atoms with Crippen LogP contribution in [0.3, 0.4) is 0 Å². The number of aliphatic hydroxyl groups excluding tert-OH is 1. The molecule has 0 bridgehead atoms. The van der Waals surface area contributed by atoms with Crippen molar-refractivity contribution >= 4 is 21.8 Å². The van der Waals surface area contributed by atoms with Gasteiger partial charge in [-0.15, -0.1) is 0 Å². The summed E-state index contributed by atoms with van der Waals surface area (Å²) in [6, 6.07) is 24.6. The van der Waals surface area contributed by atoms with Gasteiger partial charge in [0.1, 0.15) is 0 Å². The second-order valence-electron chi connectivity index (χ2n) is 9.39. The summed E-state index contributed by atoms with van der Waals surface area (Å²) < 4.78 is 2.35. The second-order valence-corrected chi connectivity index (χ2v) is 9.39. The van der Waals surface area contributed by atoms with Crippen LogP contribution in [0.5, 0.6) is 0 Å². The minimum atomic E-state index is -0.352. The number of hydrogen-bond acceptors (Lipinski definition) is 1. The maximum atomic E-state index is 10.9. The molecule has 6 rings (SSSR count). The van der Waals surface area contributed by atoms with E-state index >= 15 is 0 Å². The van der Waals surface area contributed by atoms with E-state index in [0.717, 1.165) is 24.7 Å². The molecule has 1 N–H and O–H groups in total. The molecule has 4 aromatic rings. The fraction of sp³-hybridized carbons (Fsp3) is 0.357. The summed E-state index contributed by atoms with van der Waals surface area (Å²) in [5.41, 5.74) is 6.80. The molecule has 2 saturated carbocycles. The molecule has 30 heavy (non-hydrogen) atoms. The van der Waals surface area contributed by atoms with Crippen LogP contribution in [0.1, 0.15) is 60.6 Å². The van der Waals surface area contributed by atoms with Crippen LogP contribution in [-0.4, -0.2) is 15.8 Å². The average molecular weight is 396 g/mol. The van der Waals surface area contributed by atoms with Crippen molar-refractivity contribution in [1.29, 1.82) is 0 Å². The molecule has 0 amide bonds. The highest BCUT2D eigenvalue weighted by Gasteiger charge is 2.26. The molecule has 1 heterocycles. The third-order valence-corrected chi connectivity index (χ3v) is 7.01. The summed E-state index contributed by atoms with van der Waals surface area (Å²) in [4.78, 5) is 0. The van der Waals surface area contributed by atoms with Gasteiger partial charge >= 0.3 is 0 Å². The number of benzene rings is 3. The predicted molar refractivity (Wildman–Crippen MR) is 124 cm³/mol. The van der Waals surface area contributed by atoms with Crippen LogP contribution >= 0.6 is 0 Å². The van der Waals surface area contributed by atoms with Crippen LogP contribution in [0.2, 0.25) is 0 Å². The highest BCUT2D eigenvalue weighted by molar-refractivity contribution is 6.08. The average Bonchev–Trinajstić information content (AvgIpc) is 3.70. The molecule has 152 valence electrons. The van der Waals surface area contributed by atoms with E-state index in [-0.39, 0.29) is 6.10 Å². The molecule has 2 heteroatoms. The molecule has 1 unspecified atom stereocenters. The van der Waals surface area contributed by atoms with Crippen molar-refractivity contribution < 1.29 is 5.11 Å². The summed E-state index contributed by atoms with van der Waals surface area (Å²) in [5.74, 6) is 1.52. The second kappa shape index (κ2) is 7.28. The van der Waals surface area contributed by atoms with E-state index in [2.05, 4.69) is 65.2 Å². The number of aliphatic hydroxyl groups is 1. The number of aryl methyl sites for hydroxylation is 1. The van der Waals surface area contributed by atoms with Crippen molar-refractivity contribution in [3.63, 3.8) is 0 Å². The van der Waals surface area contributed by atoms with E-state index < -0.39 is 0 Å². The molecule has 1 atom stereocenters. The van der Waals surface area contributed by atoms with Crippen LogP contribution in [0, 0.1) is 0 Å². The van der Waals surface area contributed by atoms with E-state index in [4.69, 9.17) is 0 Å². The Balaban J connectivity index is 1.36. The van der Waals surface area contributed by atoms with E-state index in [0.29, 0.717) is 6.54 Å². The number of rotatable bonds is 7. The highest BCUT2D eigenvalue weighted by Crippen LogP contribution is 2.44. The summed E-state index contributed by atoms with van der Waals surface area (Å²) >= 11 is 0. The van der Waals surface area contributed by atoms with Crippen LogP contribution in [-0.2, 0) is 13.0 Å². The van der Waals surface area contributed by atoms with Crippen molar-refractivity contribution in [3.05, 3.63) is 83.4 Å². The lowest BCUT2D eigenvalue weighted by Gasteiger charge is -2.14. The van der Waals surface area contributed by atoms with Crippen LogP contribution in [0.4, 0.5) is 0 Å². The Morgan fingerprint density at radius 3 is 1.87 bits per heavy atom. The third kappa shape index (κ3) is 3.44. The Kier molecular flexibility index (Phi) is 4.42. The molecule has 0 radical (unpaired) electrons. The lowest BCUT2D eigenvalue weighted by molar-refractivity contribution is 0.147. The van der Waals surface area contributed by atoms with Gasteiger partial charge in [0.15, 0.2) is 0 Å². The molecule has 2 aliphatic carbocycles.